The fourth-order valence-electron chi connectivity index (χ4n) is 1.72. The predicted molar refractivity (Wildman–Crippen MR) is 80.7 cm³/mol. The second kappa shape index (κ2) is 6.31. The van der Waals surface area contributed by atoms with Gasteiger partial charge in [0.2, 0.25) is 0 Å². The second-order valence-electron chi connectivity index (χ2n) is 4.29. The maximum Gasteiger partial charge on any atom is 0.180 e. The molecule has 0 saturated carbocycles. The molecule has 0 radical (unpaired) electrons. The van der Waals surface area contributed by atoms with Gasteiger partial charge >= 0.3 is 0 Å². The van der Waals surface area contributed by atoms with E-state index in [9.17, 15) is 0 Å². The number of halogens is 1. The van der Waals surface area contributed by atoms with Gasteiger partial charge in [-0.2, -0.15) is 0 Å². The molecule has 0 spiro atoms. The average Bonchev–Trinajstić information content (AvgIpc) is 2.76. The van der Waals surface area contributed by atoms with Crippen molar-refractivity contribution in [2.45, 2.75) is 13.0 Å². The average molecular weight is 326 g/mol. The molecule has 0 aliphatic carbocycles. The zero-order chi connectivity index (χ0) is 13.0. The van der Waals surface area contributed by atoms with Gasteiger partial charge in [-0.15, -0.1) is 11.3 Å². The van der Waals surface area contributed by atoms with Crippen LogP contribution in [0.25, 0.3) is 0 Å². The van der Waals surface area contributed by atoms with Gasteiger partial charge in [0.25, 0.3) is 0 Å². The first-order valence-corrected chi connectivity index (χ1v) is 7.43. The summed E-state index contributed by atoms with van der Waals surface area (Å²) in [5.74, 6) is 0. The fraction of sp³-hybridized carbons (Fsp3) is 0.308. The number of anilines is 1. The highest BCUT2D eigenvalue weighted by Gasteiger charge is 2.03. The summed E-state index contributed by atoms with van der Waals surface area (Å²) in [6, 6.07) is 8.43. The largest absolute Gasteiger partial charge is 0.375 e. The Bertz CT molecular complexity index is 495. The predicted octanol–water partition coefficient (Wildman–Crippen LogP) is 3.16. The van der Waals surface area contributed by atoms with Gasteiger partial charge in [0.15, 0.2) is 5.13 Å². The van der Waals surface area contributed by atoms with Crippen LogP contribution in [0.15, 0.2) is 34.1 Å². The van der Waals surface area contributed by atoms with Crippen molar-refractivity contribution in [1.82, 2.24) is 9.88 Å². The van der Waals surface area contributed by atoms with Crippen molar-refractivity contribution in [2.24, 2.45) is 0 Å². The number of rotatable bonds is 5. The zero-order valence-corrected chi connectivity index (χ0v) is 12.7. The Morgan fingerprint density at radius 2 is 2.06 bits per heavy atom. The van der Waals surface area contributed by atoms with Crippen LogP contribution in [0.4, 0.5) is 5.13 Å². The smallest absolute Gasteiger partial charge is 0.180 e. The van der Waals surface area contributed by atoms with Crippen LogP contribution in [0.5, 0.6) is 0 Å². The molecule has 0 bridgehead atoms. The molecular formula is C13H16BrN3S. The summed E-state index contributed by atoms with van der Waals surface area (Å²) in [6.07, 6.45) is 0.945. The monoisotopic (exact) mass is 325 g/mol. The van der Waals surface area contributed by atoms with Gasteiger partial charge in [-0.25, -0.2) is 4.98 Å². The normalized spacial score (nSPS) is 11.1. The van der Waals surface area contributed by atoms with Gasteiger partial charge in [-0.3, -0.25) is 0 Å². The molecule has 0 atom stereocenters. The molecule has 2 rings (SSSR count). The van der Waals surface area contributed by atoms with Crippen LogP contribution < -0.4 is 5.73 Å². The second-order valence-corrected chi connectivity index (χ2v) is 6.10. The minimum absolute atomic E-state index is 0.653. The number of nitrogens with zero attached hydrogens (tertiary/aromatic N) is 2. The van der Waals surface area contributed by atoms with Crippen LogP contribution >= 0.6 is 27.3 Å². The molecule has 3 nitrogen and oxygen atoms in total. The van der Waals surface area contributed by atoms with Gasteiger partial charge in [0.1, 0.15) is 0 Å². The summed E-state index contributed by atoms with van der Waals surface area (Å²) in [4.78, 5) is 6.56. The molecule has 2 N–H and O–H groups in total. The lowest BCUT2D eigenvalue weighted by molar-refractivity contribution is 0.330. The molecule has 2 aromatic rings. The van der Waals surface area contributed by atoms with Crippen molar-refractivity contribution in [1.29, 1.82) is 0 Å². The minimum atomic E-state index is 0.653. The lowest BCUT2D eigenvalue weighted by Gasteiger charge is -2.15. The van der Waals surface area contributed by atoms with Crippen molar-refractivity contribution in [3.05, 3.63) is 45.4 Å². The summed E-state index contributed by atoms with van der Waals surface area (Å²) in [6.45, 7) is 1.94. The van der Waals surface area contributed by atoms with Crippen molar-refractivity contribution < 1.29 is 0 Å². The molecule has 1 aromatic carbocycles. The first-order valence-electron chi connectivity index (χ1n) is 5.76. The summed E-state index contributed by atoms with van der Waals surface area (Å²) < 4.78 is 1.12. The summed E-state index contributed by atoms with van der Waals surface area (Å²) in [5.41, 5.74) is 8.01. The maximum atomic E-state index is 5.61. The van der Waals surface area contributed by atoms with Crippen molar-refractivity contribution in [2.75, 3.05) is 19.3 Å². The van der Waals surface area contributed by atoms with Crippen LogP contribution in [0.1, 0.15) is 11.3 Å². The number of nitrogens with two attached hydrogens (primary N) is 1. The lowest BCUT2D eigenvalue weighted by atomic mass is 10.2. The Morgan fingerprint density at radius 3 is 2.67 bits per heavy atom. The molecular weight excluding hydrogens is 310 g/mol. The molecule has 1 heterocycles. The van der Waals surface area contributed by atoms with E-state index in [0.29, 0.717) is 5.13 Å². The molecule has 5 heteroatoms. The lowest BCUT2D eigenvalue weighted by Crippen LogP contribution is -2.20. The fourth-order valence-corrected chi connectivity index (χ4v) is 2.59. The third kappa shape index (κ3) is 4.08. The molecule has 0 unspecified atom stereocenters. The molecule has 0 fully saturated rings. The van der Waals surface area contributed by atoms with Crippen LogP contribution in [0.3, 0.4) is 0 Å². The standard InChI is InChI=1S/C13H16BrN3S/c1-17(7-6-12-9-18-13(15)16-12)8-10-2-4-11(14)5-3-10/h2-5,9H,6-8H2,1H3,(H2,15,16). The molecule has 0 saturated heterocycles. The van der Waals surface area contributed by atoms with Gasteiger partial charge < -0.3 is 10.6 Å². The third-order valence-electron chi connectivity index (χ3n) is 2.68. The molecule has 18 heavy (non-hydrogen) atoms. The highest BCUT2D eigenvalue weighted by molar-refractivity contribution is 9.10. The third-order valence-corrected chi connectivity index (χ3v) is 3.94. The number of aromatic nitrogens is 1. The van der Waals surface area contributed by atoms with Crippen LogP contribution in [0, 0.1) is 0 Å². The van der Waals surface area contributed by atoms with E-state index in [0.717, 1.165) is 29.7 Å². The Morgan fingerprint density at radius 1 is 1.33 bits per heavy atom. The number of benzene rings is 1. The van der Waals surface area contributed by atoms with E-state index < -0.39 is 0 Å². The van der Waals surface area contributed by atoms with E-state index in [1.165, 1.54) is 16.9 Å². The van der Waals surface area contributed by atoms with Crippen LogP contribution in [0.2, 0.25) is 0 Å². The van der Waals surface area contributed by atoms with Gasteiger partial charge in [-0.1, -0.05) is 28.1 Å². The molecule has 96 valence electrons. The molecule has 1 aromatic heterocycles. The number of likely N-dealkylation sites (N-methyl/N-ethyl adjacent to an activating group) is 1. The highest BCUT2D eigenvalue weighted by atomic mass is 79.9. The first kappa shape index (κ1) is 13.5. The Balaban J connectivity index is 1.81. The number of nitrogen functional groups attached to an aromatic ring is 1. The SMILES string of the molecule is CN(CCc1csc(N)n1)Cc1ccc(Br)cc1. The number of hydrogen-bond donors (Lipinski definition) is 1. The van der Waals surface area contributed by atoms with Gasteiger partial charge in [-0.05, 0) is 24.7 Å². The highest BCUT2D eigenvalue weighted by Crippen LogP contribution is 2.13. The summed E-state index contributed by atoms with van der Waals surface area (Å²) >= 11 is 4.95. The van der Waals surface area contributed by atoms with Crippen LogP contribution in [-0.4, -0.2) is 23.5 Å². The van der Waals surface area contributed by atoms with E-state index in [-0.39, 0.29) is 0 Å². The Labute approximate surface area is 120 Å². The molecule has 0 aliphatic rings. The quantitative estimate of drug-likeness (QED) is 0.918. The number of thiazole rings is 1. The Hall–Kier alpha value is -0.910. The number of hydrogen-bond acceptors (Lipinski definition) is 4. The van der Waals surface area contributed by atoms with E-state index in [1.807, 2.05) is 5.38 Å². The molecule has 0 amide bonds. The first-order chi connectivity index (χ1) is 8.63. The van der Waals surface area contributed by atoms with Crippen molar-refractivity contribution in [3.63, 3.8) is 0 Å². The topological polar surface area (TPSA) is 42.1 Å². The zero-order valence-electron chi connectivity index (χ0n) is 10.3. The van der Waals surface area contributed by atoms with Crippen molar-refractivity contribution >= 4 is 32.4 Å². The minimum Gasteiger partial charge on any atom is -0.375 e. The maximum absolute atomic E-state index is 5.61. The molecule has 0 aliphatic heterocycles. The Kier molecular flexibility index (Phi) is 4.74. The van der Waals surface area contributed by atoms with E-state index in [2.05, 4.69) is 57.1 Å². The van der Waals surface area contributed by atoms with Crippen LogP contribution in [-0.2, 0) is 13.0 Å². The van der Waals surface area contributed by atoms with E-state index >= 15 is 0 Å². The summed E-state index contributed by atoms with van der Waals surface area (Å²) in [7, 11) is 2.12. The summed E-state index contributed by atoms with van der Waals surface area (Å²) in [5, 5.41) is 2.68. The van der Waals surface area contributed by atoms with Gasteiger partial charge in [0.05, 0.1) is 5.69 Å². The van der Waals surface area contributed by atoms with Gasteiger partial charge in [0, 0.05) is 29.4 Å². The van der Waals surface area contributed by atoms with E-state index in [1.54, 1.807) is 0 Å². The van der Waals surface area contributed by atoms with E-state index in [4.69, 9.17) is 5.73 Å². The van der Waals surface area contributed by atoms with Crippen molar-refractivity contribution in [3.8, 4) is 0 Å².